The summed E-state index contributed by atoms with van der Waals surface area (Å²) in [6.45, 7) is 7.01. The maximum absolute atomic E-state index is 13.4. The van der Waals surface area contributed by atoms with Crippen LogP contribution in [-0.2, 0) is 13.0 Å². The number of halogens is 1. The molecule has 1 aliphatic heterocycles. The van der Waals surface area contributed by atoms with Crippen molar-refractivity contribution in [3.8, 4) is 11.5 Å². The molecule has 32 heavy (non-hydrogen) atoms. The summed E-state index contributed by atoms with van der Waals surface area (Å²) in [6.07, 6.45) is 0.744. The van der Waals surface area contributed by atoms with Crippen molar-refractivity contribution in [2.75, 3.05) is 6.61 Å². The Morgan fingerprint density at radius 1 is 0.969 bits per heavy atom. The summed E-state index contributed by atoms with van der Waals surface area (Å²) in [6, 6.07) is 22.9. The molecule has 1 aliphatic rings. The Labute approximate surface area is 194 Å². The van der Waals surface area contributed by atoms with Crippen molar-refractivity contribution in [2.45, 2.75) is 45.4 Å². The molecule has 1 heterocycles. The van der Waals surface area contributed by atoms with Crippen LogP contribution in [0.15, 0.2) is 72.8 Å². The topological polar surface area (TPSA) is 38.8 Å². The third-order valence-corrected chi connectivity index (χ3v) is 5.61. The summed E-state index contributed by atoms with van der Waals surface area (Å²) in [4.78, 5) is 15.3. The lowest BCUT2D eigenvalue weighted by atomic mass is 9.93. The van der Waals surface area contributed by atoms with Crippen molar-refractivity contribution in [3.05, 3.63) is 94.5 Å². The maximum atomic E-state index is 13.4. The summed E-state index contributed by atoms with van der Waals surface area (Å²) in [5, 5.41) is 0.554. The molecule has 4 rings (SSSR count). The van der Waals surface area contributed by atoms with Gasteiger partial charge in [0, 0.05) is 17.1 Å². The number of hydrogen-bond acceptors (Lipinski definition) is 3. The molecule has 0 spiro atoms. The SMILES string of the molecule is CC(C)(C)Oc1ccc(OCC2Cc3ccccc3CN2C(=O)c2cccc(Cl)c2)cc1. The number of hydrogen-bond donors (Lipinski definition) is 0. The zero-order valence-corrected chi connectivity index (χ0v) is 19.4. The molecule has 5 heteroatoms. The van der Waals surface area contributed by atoms with Gasteiger partial charge in [-0.1, -0.05) is 41.9 Å². The van der Waals surface area contributed by atoms with Crippen molar-refractivity contribution >= 4 is 17.5 Å². The van der Waals surface area contributed by atoms with Gasteiger partial charge in [-0.25, -0.2) is 0 Å². The second-order valence-corrected chi connectivity index (χ2v) is 9.50. The third kappa shape index (κ3) is 5.43. The Morgan fingerprint density at radius 3 is 2.34 bits per heavy atom. The molecule has 0 aliphatic carbocycles. The highest BCUT2D eigenvalue weighted by molar-refractivity contribution is 6.30. The van der Waals surface area contributed by atoms with Crippen molar-refractivity contribution in [1.29, 1.82) is 0 Å². The van der Waals surface area contributed by atoms with Gasteiger partial charge < -0.3 is 14.4 Å². The minimum absolute atomic E-state index is 0.0375. The first-order valence-corrected chi connectivity index (χ1v) is 11.2. The van der Waals surface area contributed by atoms with Crippen LogP contribution >= 0.6 is 11.6 Å². The van der Waals surface area contributed by atoms with E-state index < -0.39 is 0 Å². The van der Waals surface area contributed by atoms with E-state index in [9.17, 15) is 4.79 Å². The van der Waals surface area contributed by atoms with E-state index in [1.807, 2.05) is 62.1 Å². The molecule has 0 fully saturated rings. The van der Waals surface area contributed by atoms with Gasteiger partial charge in [0.2, 0.25) is 0 Å². The van der Waals surface area contributed by atoms with Gasteiger partial charge in [-0.3, -0.25) is 4.79 Å². The monoisotopic (exact) mass is 449 g/mol. The molecule has 166 valence electrons. The lowest BCUT2D eigenvalue weighted by molar-refractivity contribution is 0.0566. The van der Waals surface area contributed by atoms with Crippen LogP contribution in [0.5, 0.6) is 11.5 Å². The third-order valence-electron chi connectivity index (χ3n) is 5.38. The summed E-state index contributed by atoms with van der Waals surface area (Å²) in [7, 11) is 0. The standard InChI is InChI=1S/C27H28ClNO3/c1-27(2,3)32-25-13-11-24(12-14-25)31-18-23-16-19-7-4-5-8-21(19)17-29(23)26(30)20-9-6-10-22(28)15-20/h4-15,23H,16-18H2,1-3H3. The van der Waals surface area contributed by atoms with Crippen LogP contribution in [0.2, 0.25) is 5.02 Å². The molecule has 0 aromatic heterocycles. The number of carbonyl (C=O) groups excluding carboxylic acids is 1. The largest absolute Gasteiger partial charge is 0.491 e. The highest BCUT2D eigenvalue weighted by Gasteiger charge is 2.31. The van der Waals surface area contributed by atoms with E-state index in [1.165, 1.54) is 11.1 Å². The van der Waals surface area contributed by atoms with E-state index in [1.54, 1.807) is 24.3 Å². The van der Waals surface area contributed by atoms with Gasteiger partial charge >= 0.3 is 0 Å². The van der Waals surface area contributed by atoms with E-state index >= 15 is 0 Å². The van der Waals surface area contributed by atoms with E-state index in [0.29, 0.717) is 23.7 Å². The van der Waals surface area contributed by atoms with Crippen molar-refractivity contribution in [2.24, 2.45) is 0 Å². The zero-order chi connectivity index (χ0) is 22.7. The molecule has 3 aromatic rings. The summed E-state index contributed by atoms with van der Waals surface area (Å²) >= 11 is 6.13. The minimum Gasteiger partial charge on any atom is -0.491 e. The molecule has 1 unspecified atom stereocenters. The Kier molecular flexibility index (Phi) is 6.43. The van der Waals surface area contributed by atoms with Gasteiger partial charge in [0.25, 0.3) is 5.91 Å². The molecule has 0 saturated carbocycles. The molecule has 1 amide bonds. The minimum atomic E-state index is -0.251. The highest BCUT2D eigenvalue weighted by atomic mass is 35.5. The van der Waals surface area contributed by atoms with E-state index in [0.717, 1.165) is 17.9 Å². The van der Waals surface area contributed by atoms with Crippen LogP contribution in [0.4, 0.5) is 0 Å². The number of rotatable bonds is 5. The van der Waals surface area contributed by atoms with E-state index in [2.05, 4.69) is 12.1 Å². The molecule has 0 saturated heterocycles. The average Bonchev–Trinajstić information content (AvgIpc) is 2.76. The lowest BCUT2D eigenvalue weighted by Crippen LogP contribution is -2.47. The number of benzene rings is 3. The Balaban J connectivity index is 1.51. The summed E-state index contributed by atoms with van der Waals surface area (Å²) in [5.41, 5.74) is 2.76. The molecule has 0 bridgehead atoms. The molecular formula is C27H28ClNO3. The number of ether oxygens (including phenoxy) is 2. The van der Waals surface area contributed by atoms with Crippen LogP contribution in [0.25, 0.3) is 0 Å². The summed E-state index contributed by atoms with van der Waals surface area (Å²) < 4.78 is 12.0. The van der Waals surface area contributed by atoms with Crippen LogP contribution < -0.4 is 9.47 Å². The first-order valence-electron chi connectivity index (χ1n) is 10.8. The van der Waals surface area contributed by atoms with Crippen molar-refractivity contribution < 1.29 is 14.3 Å². The van der Waals surface area contributed by atoms with Crippen molar-refractivity contribution in [3.63, 3.8) is 0 Å². The van der Waals surface area contributed by atoms with Gasteiger partial charge in [0.1, 0.15) is 23.7 Å². The number of fused-ring (bicyclic) bond motifs is 1. The van der Waals surface area contributed by atoms with E-state index in [4.69, 9.17) is 21.1 Å². The predicted octanol–water partition coefficient (Wildman–Crippen LogP) is 6.16. The van der Waals surface area contributed by atoms with Crippen LogP contribution in [0.3, 0.4) is 0 Å². The van der Waals surface area contributed by atoms with Gasteiger partial charge in [-0.2, -0.15) is 0 Å². The Morgan fingerprint density at radius 2 is 1.66 bits per heavy atom. The van der Waals surface area contributed by atoms with Crippen LogP contribution in [0, 0.1) is 0 Å². The molecule has 0 radical (unpaired) electrons. The van der Waals surface area contributed by atoms with E-state index in [-0.39, 0.29) is 17.6 Å². The second kappa shape index (κ2) is 9.25. The van der Waals surface area contributed by atoms with Gasteiger partial charge in [-0.15, -0.1) is 0 Å². The highest BCUT2D eigenvalue weighted by Crippen LogP contribution is 2.27. The van der Waals surface area contributed by atoms with Crippen molar-refractivity contribution in [1.82, 2.24) is 4.90 Å². The average molecular weight is 450 g/mol. The fourth-order valence-corrected chi connectivity index (χ4v) is 4.10. The first kappa shape index (κ1) is 22.2. The quantitative estimate of drug-likeness (QED) is 0.468. The second-order valence-electron chi connectivity index (χ2n) is 9.07. The molecule has 0 N–H and O–H groups in total. The molecule has 4 nitrogen and oxygen atoms in total. The fourth-order valence-electron chi connectivity index (χ4n) is 3.91. The van der Waals surface area contributed by atoms with Gasteiger partial charge in [-0.05, 0) is 80.8 Å². The predicted molar refractivity (Wildman–Crippen MR) is 128 cm³/mol. The first-order chi connectivity index (χ1) is 15.3. The fraction of sp³-hybridized carbons (Fsp3) is 0.296. The molecule has 3 aromatic carbocycles. The Hall–Kier alpha value is -2.98. The number of amides is 1. The zero-order valence-electron chi connectivity index (χ0n) is 18.7. The van der Waals surface area contributed by atoms with Gasteiger partial charge in [0.15, 0.2) is 0 Å². The van der Waals surface area contributed by atoms with Crippen LogP contribution in [0.1, 0.15) is 42.3 Å². The smallest absolute Gasteiger partial charge is 0.254 e. The molecular weight excluding hydrogens is 422 g/mol. The Bertz CT molecular complexity index is 1090. The van der Waals surface area contributed by atoms with Crippen LogP contribution in [-0.4, -0.2) is 29.1 Å². The number of carbonyl (C=O) groups is 1. The number of nitrogens with zero attached hydrogens (tertiary/aromatic N) is 1. The van der Waals surface area contributed by atoms with Gasteiger partial charge in [0.05, 0.1) is 6.04 Å². The summed E-state index contributed by atoms with van der Waals surface area (Å²) in [5.74, 6) is 1.51. The normalized spacial score (nSPS) is 15.8. The lowest BCUT2D eigenvalue weighted by Gasteiger charge is -2.37. The molecule has 1 atom stereocenters. The maximum Gasteiger partial charge on any atom is 0.254 e.